The zero-order valence-corrected chi connectivity index (χ0v) is 9.00. The molecule has 13 heavy (non-hydrogen) atoms. The highest BCUT2D eigenvalue weighted by atomic mass is 13.9. The van der Waals surface area contributed by atoms with Crippen LogP contribution >= 0.6 is 0 Å². The van der Waals surface area contributed by atoms with Crippen molar-refractivity contribution in [1.29, 1.82) is 0 Å². The van der Waals surface area contributed by atoms with Crippen molar-refractivity contribution in [2.45, 2.75) is 46.0 Å². The fourth-order valence-corrected chi connectivity index (χ4v) is 1.08. The van der Waals surface area contributed by atoms with Crippen LogP contribution in [0.2, 0.25) is 0 Å². The lowest BCUT2D eigenvalue weighted by Crippen LogP contribution is -1.71. The maximum absolute atomic E-state index is 2.25. The monoisotopic (exact) mass is 178 g/mol. The summed E-state index contributed by atoms with van der Waals surface area (Å²) in [5, 5.41) is 0. The zero-order chi connectivity index (χ0) is 9.78. The van der Waals surface area contributed by atoms with Gasteiger partial charge in [-0.1, -0.05) is 43.4 Å². The van der Waals surface area contributed by atoms with Crippen molar-refractivity contribution in [3.63, 3.8) is 0 Å². The number of hydrogen-bond acceptors (Lipinski definition) is 0. The molecule has 0 N–H and O–H groups in total. The van der Waals surface area contributed by atoms with Crippen LogP contribution in [-0.4, -0.2) is 0 Å². The van der Waals surface area contributed by atoms with Gasteiger partial charge in [0.25, 0.3) is 0 Å². The van der Waals surface area contributed by atoms with Gasteiger partial charge in [0.05, 0.1) is 0 Å². The van der Waals surface area contributed by atoms with Crippen LogP contribution in [0.25, 0.3) is 0 Å². The van der Waals surface area contributed by atoms with Gasteiger partial charge in [-0.2, -0.15) is 0 Å². The van der Waals surface area contributed by atoms with Crippen molar-refractivity contribution < 1.29 is 0 Å². The van der Waals surface area contributed by atoms with Gasteiger partial charge in [0.2, 0.25) is 0 Å². The molecule has 0 atom stereocenters. The Morgan fingerprint density at radius 3 is 2.08 bits per heavy atom. The number of allylic oxidation sites excluding steroid dienone is 6. The summed E-state index contributed by atoms with van der Waals surface area (Å²) in [5.74, 6) is 0. The van der Waals surface area contributed by atoms with Gasteiger partial charge in [0, 0.05) is 0 Å². The fourth-order valence-electron chi connectivity index (χ4n) is 1.08. The minimum absolute atomic E-state index is 1.13. The third kappa shape index (κ3) is 11.2. The second kappa shape index (κ2) is 11.2. The zero-order valence-electron chi connectivity index (χ0n) is 9.00. The molecule has 0 radical (unpaired) electrons. The highest BCUT2D eigenvalue weighted by molar-refractivity contribution is 5.01. The van der Waals surface area contributed by atoms with Crippen LogP contribution in [0, 0.1) is 0 Å². The molecule has 0 aliphatic heterocycles. The summed E-state index contributed by atoms with van der Waals surface area (Å²) in [6.07, 6.45) is 19.3. The number of unbranched alkanes of at least 4 members (excludes halogenated alkanes) is 3. The first-order valence-corrected chi connectivity index (χ1v) is 5.34. The molecule has 0 heteroatoms. The first-order chi connectivity index (χ1) is 6.41. The molecule has 0 rings (SSSR count). The van der Waals surface area contributed by atoms with Gasteiger partial charge in [-0.05, 0) is 39.0 Å². The first kappa shape index (κ1) is 12.2. The average molecular weight is 178 g/mol. The van der Waals surface area contributed by atoms with Crippen molar-refractivity contribution in [2.75, 3.05) is 0 Å². The lowest BCUT2D eigenvalue weighted by molar-refractivity contribution is 0.762. The molecule has 0 nitrogen and oxygen atoms in total. The fraction of sp³-hybridized carbons (Fsp3) is 0.538. The highest BCUT2D eigenvalue weighted by Crippen LogP contribution is 2.01. The van der Waals surface area contributed by atoms with Gasteiger partial charge >= 0.3 is 0 Å². The molecule has 0 aromatic rings. The van der Waals surface area contributed by atoms with E-state index in [0.717, 1.165) is 6.42 Å². The van der Waals surface area contributed by atoms with E-state index in [9.17, 15) is 0 Å². The third-order valence-electron chi connectivity index (χ3n) is 1.85. The summed E-state index contributed by atoms with van der Waals surface area (Å²) in [6, 6.07) is 0. The molecule has 0 unspecified atom stereocenters. The van der Waals surface area contributed by atoms with Gasteiger partial charge in [0.15, 0.2) is 0 Å². The molecule has 0 saturated carbocycles. The van der Waals surface area contributed by atoms with Crippen molar-refractivity contribution in [1.82, 2.24) is 0 Å². The SMILES string of the molecule is C/C=C/CCCC/C=C/C=C/CC. The van der Waals surface area contributed by atoms with Crippen LogP contribution < -0.4 is 0 Å². The van der Waals surface area contributed by atoms with E-state index in [1.54, 1.807) is 0 Å². The molecule has 0 aromatic carbocycles. The van der Waals surface area contributed by atoms with Crippen LogP contribution in [0.3, 0.4) is 0 Å². The van der Waals surface area contributed by atoms with E-state index in [1.807, 2.05) is 0 Å². The van der Waals surface area contributed by atoms with Crippen LogP contribution in [0.15, 0.2) is 36.5 Å². The Kier molecular flexibility index (Phi) is 10.5. The van der Waals surface area contributed by atoms with E-state index in [2.05, 4.69) is 50.3 Å². The van der Waals surface area contributed by atoms with Crippen LogP contribution in [0.4, 0.5) is 0 Å². The summed E-state index contributed by atoms with van der Waals surface area (Å²) < 4.78 is 0. The molecular formula is C13H22. The van der Waals surface area contributed by atoms with E-state index >= 15 is 0 Å². The van der Waals surface area contributed by atoms with Gasteiger partial charge in [-0.25, -0.2) is 0 Å². The number of hydrogen-bond donors (Lipinski definition) is 0. The summed E-state index contributed by atoms with van der Waals surface area (Å²) in [4.78, 5) is 0. The highest BCUT2D eigenvalue weighted by Gasteiger charge is 1.81. The second-order valence-corrected chi connectivity index (χ2v) is 3.12. The van der Waals surface area contributed by atoms with Crippen LogP contribution in [-0.2, 0) is 0 Å². The summed E-state index contributed by atoms with van der Waals surface area (Å²) in [7, 11) is 0. The third-order valence-corrected chi connectivity index (χ3v) is 1.85. The normalized spacial score (nSPS) is 12.5. The predicted molar refractivity (Wildman–Crippen MR) is 61.9 cm³/mol. The Balaban J connectivity index is 3.15. The van der Waals surface area contributed by atoms with Gasteiger partial charge in [-0.15, -0.1) is 0 Å². The Morgan fingerprint density at radius 1 is 0.846 bits per heavy atom. The van der Waals surface area contributed by atoms with E-state index in [-0.39, 0.29) is 0 Å². The second-order valence-electron chi connectivity index (χ2n) is 3.12. The number of rotatable bonds is 7. The van der Waals surface area contributed by atoms with Crippen molar-refractivity contribution in [3.8, 4) is 0 Å². The smallest absolute Gasteiger partial charge is 0.0347 e. The lowest BCUT2D eigenvalue weighted by atomic mass is 10.2. The Bertz CT molecular complexity index is 161. The van der Waals surface area contributed by atoms with E-state index in [1.165, 1.54) is 25.7 Å². The van der Waals surface area contributed by atoms with Crippen molar-refractivity contribution in [3.05, 3.63) is 36.5 Å². The molecule has 0 fully saturated rings. The largest absolute Gasteiger partial charge is 0.0917 e. The maximum Gasteiger partial charge on any atom is -0.0347 e. The standard InChI is InChI=1S/C13H22/c1-3-5-7-9-11-13-12-10-8-6-4-2/h3,5-6,8,10,12H,4,7,9,11,13H2,1-2H3/b5-3+,8-6+,12-10+. The predicted octanol–water partition coefficient (Wildman–Crippen LogP) is 4.65. The molecule has 0 aliphatic rings. The van der Waals surface area contributed by atoms with Gasteiger partial charge in [0.1, 0.15) is 0 Å². The summed E-state index contributed by atoms with van der Waals surface area (Å²) in [5.41, 5.74) is 0. The molecule has 0 bridgehead atoms. The molecule has 0 amide bonds. The molecular weight excluding hydrogens is 156 g/mol. The minimum Gasteiger partial charge on any atom is -0.0917 e. The Morgan fingerprint density at radius 2 is 1.46 bits per heavy atom. The molecule has 0 aliphatic carbocycles. The Hall–Kier alpha value is -0.780. The molecule has 0 saturated heterocycles. The molecule has 0 aromatic heterocycles. The van der Waals surface area contributed by atoms with Crippen molar-refractivity contribution >= 4 is 0 Å². The topological polar surface area (TPSA) is 0 Å². The summed E-state index contributed by atoms with van der Waals surface area (Å²) >= 11 is 0. The Labute approximate surface area is 83.0 Å². The van der Waals surface area contributed by atoms with E-state index in [4.69, 9.17) is 0 Å². The van der Waals surface area contributed by atoms with Crippen LogP contribution in [0.5, 0.6) is 0 Å². The van der Waals surface area contributed by atoms with E-state index < -0.39 is 0 Å². The quantitative estimate of drug-likeness (QED) is 0.302. The summed E-state index contributed by atoms with van der Waals surface area (Å²) in [6.45, 7) is 4.23. The molecule has 0 heterocycles. The van der Waals surface area contributed by atoms with Gasteiger partial charge < -0.3 is 0 Å². The van der Waals surface area contributed by atoms with Crippen molar-refractivity contribution in [2.24, 2.45) is 0 Å². The van der Waals surface area contributed by atoms with E-state index in [0.29, 0.717) is 0 Å². The average Bonchev–Trinajstić information content (AvgIpc) is 2.16. The minimum atomic E-state index is 1.13. The first-order valence-electron chi connectivity index (χ1n) is 5.34. The maximum atomic E-state index is 2.25. The molecule has 0 spiro atoms. The van der Waals surface area contributed by atoms with Crippen LogP contribution in [0.1, 0.15) is 46.0 Å². The van der Waals surface area contributed by atoms with Gasteiger partial charge in [-0.3, -0.25) is 0 Å². The lowest BCUT2D eigenvalue weighted by Gasteiger charge is -1.91. The molecule has 74 valence electrons.